The van der Waals surface area contributed by atoms with Crippen molar-refractivity contribution in [2.24, 2.45) is 0 Å². The van der Waals surface area contributed by atoms with Crippen LogP contribution in [0, 0.1) is 0 Å². The van der Waals surface area contributed by atoms with Crippen molar-refractivity contribution in [3.63, 3.8) is 0 Å². The highest BCUT2D eigenvalue weighted by Gasteiger charge is 2.26. The van der Waals surface area contributed by atoms with E-state index in [1.165, 1.54) is 6.92 Å². The minimum absolute atomic E-state index is 0.188. The number of ether oxygens (including phenoxy) is 1. The van der Waals surface area contributed by atoms with E-state index in [-0.39, 0.29) is 13.0 Å². The van der Waals surface area contributed by atoms with Crippen LogP contribution in [-0.2, 0) is 9.53 Å². The summed E-state index contributed by atoms with van der Waals surface area (Å²) in [6, 6.07) is 0. The van der Waals surface area contributed by atoms with Crippen molar-refractivity contribution in [3.8, 4) is 0 Å². The summed E-state index contributed by atoms with van der Waals surface area (Å²) in [6.45, 7) is 1.09. The van der Waals surface area contributed by atoms with Crippen LogP contribution in [0.2, 0.25) is 0 Å². The monoisotopic (exact) mass is 200 g/mol. The number of carboxylic acids is 1. The Labute approximate surface area is 73.5 Å². The number of hydrogen-bond donors (Lipinski definition) is 1. The zero-order chi connectivity index (χ0) is 10.5. The van der Waals surface area contributed by atoms with E-state index >= 15 is 0 Å². The lowest BCUT2D eigenvalue weighted by atomic mass is 10.3. The molecule has 0 aromatic carbocycles. The van der Waals surface area contributed by atoms with E-state index in [0.29, 0.717) is 0 Å². The highest BCUT2D eigenvalue weighted by Crippen LogP contribution is 2.21. The summed E-state index contributed by atoms with van der Waals surface area (Å²) in [6.07, 6.45) is -6.40. The molecule has 0 aliphatic carbocycles. The van der Waals surface area contributed by atoms with E-state index in [1.54, 1.807) is 0 Å². The summed E-state index contributed by atoms with van der Waals surface area (Å²) in [5, 5.41) is 8.29. The Morgan fingerprint density at radius 3 is 2.46 bits per heavy atom. The molecule has 0 amide bonds. The van der Waals surface area contributed by atoms with Crippen LogP contribution >= 0.6 is 0 Å². The molecule has 0 heterocycles. The van der Waals surface area contributed by atoms with Gasteiger partial charge in [-0.15, -0.1) is 0 Å². The third-order valence-electron chi connectivity index (χ3n) is 1.32. The van der Waals surface area contributed by atoms with Gasteiger partial charge in [-0.05, 0) is 13.3 Å². The molecule has 78 valence electrons. The zero-order valence-electron chi connectivity index (χ0n) is 7.10. The molecule has 0 bridgehead atoms. The molecule has 13 heavy (non-hydrogen) atoms. The Morgan fingerprint density at radius 1 is 1.54 bits per heavy atom. The molecule has 0 radical (unpaired) electrons. The van der Waals surface area contributed by atoms with Crippen LogP contribution in [-0.4, -0.2) is 30.0 Å². The summed E-state index contributed by atoms with van der Waals surface area (Å²) in [7, 11) is 0. The average Bonchev–Trinajstić information content (AvgIpc) is 1.95. The molecule has 0 aromatic rings. The molecule has 1 atom stereocenters. The zero-order valence-corrected chi connectivity index (χ0v) is 7.10. The van der Waals surface area contributed by atoms with Crippen molar-refractivity contribution in [3.05, 3.63) is 0 Å². The quantitative estimate of drug-likeness (QED) is 0.688. The second-order valence-electron chi connectivity index (χ2n) is 2.57. The normalized spacial score (nSPS) is 14.2. The molecular weight excluding hydrogens is 189 g/mol. The summed E-state index contributed by atoms with van der Waals surface area (Å²) in [5.74, 6) is -1.17. The molecule has 3 nitrogen and oxygen atoms in total. The summed E-state index contributed by atoms with van der Waals surface area (Å²) in [5.41, 5.74) is 0. The Kier molecular flexibility index (Phi) is 4.76. The number of carbonyl (C=O) groups is 1. The van der Waals surface area contributed by atoms with Crippen molar-refractivity contribution >= 4 is 5.97 Å². The molecule has 0 saturated carbocycles. The van der Waals surface area contributed by atoms with Crippen molar-refractivity contribution in [2.75, 3.05) is 6.61 Å². The van der Waals surface area contributed by atoms with Gasteiger partial charge in [0.1, 0.15) is 0 Å². The molecular formula is C7H11F3O3. The third-order valence-corrected chi connectivity index (χ3v) is 1.32. The largest absolute Gasteiger partial charge is 0.479 e. The van der Waals surface area contributed by atoms with Gasteiger partial charge in [-0.2, -0.15) is 13.2 Å². The number of halogens is 3. The fourth-order valence-electron chi connectivity index (χ4n) is 0.604. The molecule has 0 rings (SSSR count). The Hall–Kier alpha value is -0.780. The van der Waals surface area contributed by atoms with Crippen LogP contribution in [0.5, 0.6) is 0 Å². The molecule has 0 spiro atoms. The average molecular weight is 200 g/mol. The van der Waals surface area contributed by atoms with Gasteiger partial charge in [0.05, 0.1) is 0 Å². The van der Waals surface area contributed by atoms with Crippen molar-refractivity contribution in [1.29, 1.82) is 0 Å². The van der Waals surface area contributed by atoms with Gasteiger partial charge in [-0.3, -0.25) is 0 Å². The smallest absolute Gasteiger partial charge is 0.389 e. The fraction of sp³-hybridized carbons (Fsp3) is 0.857. The van der Waals surface area contributed by atoms with Crippen molar-refractivity contribution in [2.45, 2.75) is 32.0 Å². The van der Waals surface area contributed by atoms with E-state index in [9.17, 15) is 18.0 Å². The SMILES string of the molecule is C[C@@H](OCCCC(F)(F)F)C(=O)O. The van der Waals surface area contributed by atoms with Crippen LogP contribution < -0.4 is 0 Å². The second-order valence-corrected chi connectivity index (χ2v) is 2.57. The predicted molar refractivity (Wildman–Crippen MR) is 38.3 cm³/mol. The standard InChI is InChI=1S/C7H11F3O3/c1-5(6(11)12)13-4-2-3-7(8,9)10/h5H,2-4H2,1H3,(H,11,12)/t5-/m1/s1. The second kappa shape index (κ2) is 5.06. The first kappa shape index (κ1) is 12.2. The maximum Gasteiger partial charge on any atom is 0.389 e. The molecule has 6 heteroatoms. The Bertz CT molecular complexity index is 167. The van der Waals surface area contributed by atoms with E-state index in [4.69, 9.17) is 5.11 Å². The topological polar surface area (TPSA) is 46.5 Å². The van der Waals surface area contributed by atoms with Crippen molar-refractivity contribution in [1.82, 2.24) is 0 Å². The van der Waals surface area contributed by atoms with Crippen molar-refractivity contribution < 1.29 is 27.8 Å². The number of hydrogen-bond acceptors (Lipinski definition) is 2. The number of rotatable bonds is 5. The Morgan fingerprint density at radius 2 is 2.08 bits per heavy atom. The van der Waals surface area contributed by atoms with Gasteiger partial charge in [0.15, 0.2) is 6.10 Å². The maximum atomic E-state index is 11.6. The maximum absolute atomic E-state index is 11.6. The number of carboxylic acid groups (broad SMARTS) is 1. The van der Waals surface area contributed by atoms with Gasteiger partial charge in [0.25, 0.3) is 0 Å². The summed E-state index contributed by atoms with van der Waals surface area (Å²) >= 11 is 0. The first-order valence-electron chi connectivity index (χ1n) is 3.74. The molecule has 0 aliphatic rings. The fourth-order valence-corrected chi connectivity index (χ4v) is 0.604. The van der Waals surface area contributed by atoms with Crippen LogP contribution in [0.1, 0.15) is 19.8 Å². The van der Waals surface area contributed by atoms with E-state index in [1.807, 2.05) is 0 Å². The van der Waals surface area contributed by atoms with Gasteiger partial charge >= 0.3 is 12.1 Å². The highest BCUT2D eigenvalue weighted by atomic mass is 19.4. The first-order chi connectivity index (χ1) is 5.83. The minimum atomic E-state index is -4.20. The molecule has 0 fully saturated rings. The van der Waals surface area contributed by atoms with Crippen LogP contribution in [0.3, 0.4) is 0 Å². The van der Waals surface area contributed by atoms with Gasteiger partial charge in [0, 0.05) is 13.0 Å². The van der Waals surface area contributed by atoms with E-state index in [2.05, 4.69) is 4.74 Å². The first-order valence-corrected chi connectivity index (χ1v) is 3.74. The van der Waals surface area contributed by atoms with E-state index in [0.717, 1.165) is 0 Å². The predicted octanol–water partition coefficient (Wildman–Crippen LogP) is 1.82. The lowest BCUT2D eigenvalue weighted by Crippen LogP contribution is -2.21. The number of alkyl halides is 3. The molecule has 0 aliphatic heterocycles. The summed E-state index contributed by atoms with van der Waals surface area (Å²) < 4.78 is 39.3. The lowest BCUT2D eigenvalue weighted by Gasteiger charge is -2.09. The van der Waals surface area contributed by atoms with Crippen LogP contribution in [0.25, 0.3) is 0 Å². The molecule has 0 unspecified atom stereocenters. The molecule has 1 N–H and O–H groups in total. The third kappa shape index (κ3) is 7.58. The van der Waals surface area contributed by atoms with Gasteiger partial charge in [-0.25, -0.2) is 4.79 Å². The Balaban J connectivity index is 3.41. The molecule has 0 aromatic heterocycles. The van der Waals surface area contributed by atoms with Gasteiger partial charge in [0.2, 0.25) is 0 Å². The van der Waals surface area contributed by atoms with Crippen LogP contribution in [0.15, 0.2) is 0 Å². The lowest BCUT2D eigenvalue weighted by molar-refractivity contribution is -0.151. The number of aliphatic carboxylic acids is 1. The van der Waals surface area contributed by atoms with Gasteiger partial charge < -0.3 is 9.84 Å². The summed E-state index contributed by atoms with van der Waals surface area (Å²) in [4.78, 5) is 10.1. The van der Waals surface area contributed by atoms with Crippen LogP contribution in [0.4, 0.5) is 13.2 Å². The van der Waals surface area contributed by atoms with E-state index < -0.39 is 24.7 Å². The van der Waals surface area contributed by atoms with Gasteiger partial charge in [-0.1, -0.05) is 0 Å². The minimum Gasteiger partial charge on any atom is -0.479 e. The highest BCUT2D eigenvalue weighted by molar-refractivity contribution is 5.71. The molecule has 0 saturated heterocycles.